The lowest BCUT2D eigenvalue weighted by molar-refractivity contribution is 0.139. The van der Waals surface area contributed by atoms with Crippen LogP contribution < -0.4 is 0 Å². The molecule has 2 heterocycles. The van der Waals surface area contributed by atoms with E-state index in [9.17, 15) is 5.11 Å². The Hall–Kier alpha value is -0.930. The minimum atomic E-state index is -0.374. The number of rotatable bonds is 7. The van der Waals surface area contributed by atoms with Gasteiger partial charge in [-0.05, 0) is 29.9 Å². The third-order valence-corrected chi connectivity index (χ3v) is 4.66. The predicted octanol–water partition coefficient (Wildman–Crippen LogP) is 4.94. The van der Waals surface area contributed by atoms with Crippen molar-refractivity contribution in [3.63, 3.8) is 0 Å². The van der Waals surface area contributed by atoms with Crippen LogP contribution in [-0.4, -0.2) is 10.1 Å². The molecule has 104 valence electrons. The van der Waals surface area contributed by atoms with Gasteiger partial charge in [0.05, 0.1) is 16.3 Å². The maximum atomic E-state index is 10.4. The molecule has 0 saturated heterocycles. The zero-order valence-corrected chi connectivity index (χ0v) is 12.6. The molecule has 0 radical (unpaired) electrons. The Bertz CT molecular complexity index is 508. The van der Waals surface area contributed by atoms with Crippen LogP contribution in [0.5, 0.6) is 0 Å². The lowest BCUT2D eigenvalue weighted by atomic mass is 9.91. The van der Waals surface area contributed by atoms with Gasteiger partial charge in [0, 0.05) is 11.8 Å². The molecular weight excluding hydrogens is 254 g/mol. The fourth-order valence-electron chi connectivity index (χ4n) is 2.48. The van der Waals surface area contributed by atoms with Crippen molar-refractivity contribution in [2.45, 2.75) is 52.1 Å². The van der Waals surface area contributed by atoms with Gasteiger partial charge in [-0.15, -0.1) is 11.3 Å². The number of pyridine rings is 1. The van der Waals surface area contributed by atoms with Crippen molar-refractivity contribution in [2.24, 2.45) is 5.92 Å². The quantitative estimate of drug-likeness (QED) is 0.778. The van der Waals surface area contributed by atoms with Crippen LogP contribution in [0.15, 0.2) is 23.7 Å². The number of unbranched alkanes of at least 4 members (excludes halogenated alkanes) is 1. The summed E-state index contributed by atoms with van der Waals surface area (Å²) < 4.78 is 1.16. The minimum absolute atomic E-state index is 0.374. The molecule has 0 amide bonds. The Kier molecular flexibility index (Phi) is 5.34. The molecule has 3 heteroatoms. The number of hydrogen-bond donors (Lipinski definition) is 1. The average Bonchev–Trinajstić information content (AvgIpc) is 2.90. The maximum Gasteiger partial charge on any atom is 0.0809 e. The third kappa shape index (κ3) is 3.77. The van der Waals surface area contributed by atoms with Crippen molar-refractivity contribution in [2.75, 3.05) is 0 Å². The first-order chi connectivity index (χ1) is 9.24. The Morgan fingerprint density at radius 3 is 2.95 bits per heavy atom. The lowest BCUT2D eigenvalue weighted by Crippen LogP contribution is -2.07. The van der Waals surface area contributed by atoms with E-state index in [2.05, 4.69) is 24.9 Å². The van der Waals surface area contributed by atoms with Crippen LogP contribution >= 0.6 is 11.3 Å². The van der Waals surface area contributed by atoms with E-state index in [-0.39, 0.29) is 6.10 Å². The van der Waals surface area contributed by atoms with Gasteiger partial charge in [0.15, 0.2) is 0 Å². The van der Waals surface area contributed by atoms with Crippen molar-refractivity contribution in [3.05, 3.63) is 29.3 Å². The van der Waals surface area contributed by atoms with Crippen molar-refractivity contribution >= 4 is 21.6 Å². The first-order valence-corrected chi connectivity index (χ1v) is 8.13. The normalized spacial score (nSPS) is 14.7. The number of hydrogen-bond acceptors (Lipinski definition) is 3. The minimum Gasteiger partial charge on any atom is -0.388 e. The van der Waals surface area contributed by atoms with E-state index in [1.807, 2.05) is 17.6 Å². The van der Waals surface area contributed by atoms with Crippen molar-refractivity contribution in [1.29, 1.82) is 0 Å². The summed E-state index contributed by atoms with van der Waals surface area (Å²) >= 11 is 1.68. The Balaban J connectivity index is 2.03. The zero-order chi connectivity index (χ0) is 13.7. The van der Waals surface area contributed by atoms with E-state index in [4.69, 9.17) is 0 Å². The summed E-state index contributed by atoms with van der Waals surface area (Å²) in [5.74, 6) is 0.619. The van der Waals surface area contributed by atoms with Crippen LogP contribution in [0.2, 0.25) is 0 Å². The molecule has 2 unspecified atom stereocenters. The van der Waals surface area contributed by atoms with Crippen LogP contribution in [0.4, 0.5) is 0 Å². The number of aliphatic hydroxyl groups is 1. The summed E-state index contributed by atoms with van der Waals surface area (Å²) in [6.07, 6.45) is 7.16. The highest BCUT2D eigenvalue weighted by atomic mass is 32.1. The van der Waals surface area contributed by atoms with Crippen molar-refractivity contribution < 1.29 is 5.11 Å². The molecule has 2 nitrogen and oxygen atoms in total. The second kappa shape index (κ2) is 7.01. The van der Waals surface area contributed by atoms with E-state index in [0.717, 1.165) is 28.6 Å². The van der Waals surface area contributed by atoms with Gasteiger partial charge in [-0.25, -0.2) is 0 Å². The summed E-state index contributed by atoms with van der Waals surface area (Å²) in [7, 11) is 0. The van der Waals surface area contributed by atoms with Gasteiger partial charge in [-0.2, -0.15) is 0 Å². The number of aromatic nitrogens is 1. The molecule has 0 spiro atoms. The second-order valence-corrected chi connectivity index (χ2v) is 6.19. The highest BCUT2D eigenvalue weighted by molar-refractivity contribution is 7.17. The standard InChI is InChI=1S/C16H23NOS/c1-3-5-6-12(4-2)9-15(18)13-10-16-14(17-11-13)7-8-19-16/h7-8,10-12,15,18H,3-6,9H2,1-2H3. The van der Waals surface area contributed by atoms with Gasteiger partial charge < -0.3 is 5.11 Å². The molecular formula is C16H23NOS. The molecule has 19 heavy (non-hydrogen) atoms. The van der Waals surface area contributed by atoms with Gasteiger partial charge in [0.25, 0.3) is 0 Å². The molecule has 0 aromatic carbocycles. The molecule has 2 atom stereocenters. The van der Waals surface area contributed by atoms with E-state index < -0.39 is 0 Å². The summed E-state index contributed by atoms with van der Waals surface area (Å²) in [6, 6.07) is 4.11. The van der Waals surface area contributed by atoms with E-state index in [1.54, 1.807) is 11.3 Å². The zero-order valence-electron chi connectivity index (χ0n) is 11.8. The van der Waals surface area contributed by atoms with Crippen LogP contribution in [0, 0.1) is 5.92 Å². The molecule has 0 fully saturated rings. The highest BCUT2D eigenvalue weighted by Gasteiger charge is 2.15. The molecule has 0 saturated carbocycles. The molecule has 0 aliphatic rings. The monoisotopic (exact) mass is 277 g/mol. The van der Waals surface area contributed by atoms with Gasteiger partial charge >= 0.3 is 0 Å². The van der Waals surface area contributed by atoms with Crippen molar-refractivity contribution in [3.8, 4) is 0 Å². The molecule has 0 aliphatic carbocycles. The van der Waals surface area contributed by atoms with Gasteiger partial charge in [0.2, 0.25) is 0 Å². The number of aliphatic hydroxyl groups excluding tert-OH is 1. The first-order valence-electron chi connectivity index (χ1n) is 7.25. The van der Waals surface area contributed by atoms with Crippen LogP contribution in [0.25, 0.3) is 10.2 Å². The Morgan fingerprint density at radius 1 is 1.37 bits per heavy atom. The number of nitrogens with zero attached hydrogens (tertiary/aromatic N) is 1. The third-order valence-electron chi connectivity index (χ3n) is 3.81. The maximum absolute atomic E-state index is 10.4. The Morgan fingerprint density at radius 2 is 2.21 bits per heavy atom. The fraction of sp³-hybridized carbons (Fsp3) is 0.562. The van der Waals surface area contributed by atoms with E-state index in [1.165, 1.54) is 19.3 Å². The smallest absolute Gasteiger partial charge is 0.0809 e. The Labute approximate surface area is 119 Å². The highest BCUT2D eigenvalue weighted by Crippen LogP contribution is 2.29. The number of fused-ring (bicyclic) bond motifs is 1. The van der Waals surface area contributed by atoms with Gasteiger partial charge in [-0.3, -0.25) is 4.98 Å². The summed E-state index contributed by atoms with van der Waals surface area (Å²) in [4.78, 5) is 4.41. The topological polar surface area (TPSA) is 33.1 Å². The van der Waals surface area contributed by atoms with E-state index in [0.29, 0.717) is 5.92 Å². The second-order valence-electron chi connectivity index (χ2n) is 5.24. The molecule has 2 aromatic heterocycles. The molecule has 1 N–H and O–H groups in total. The van der Waals surface area contributed by atoms with Crippen molar-refractivity contribution in [1.82, 2.24) is 4.98 Å². The number of thiophene rings is 1. The van der Waals surface area contributed by atoms with Crippen LogP contribution in [0.3, 0.4) is 0 Å². The van der Waals surface area contributed by atoms with Crippen LogP contribution in [0.1, 0.15) is 57.6 Å². The first kappa shape index (κ1) is 14.5. The predicted molar refractivity (Wildman–Crippen MR) is 82.5 cm³/mol. The van der Waals surface area contributed by atoms with Gasteiger partial charge in [-0.1, -0.05) is 39.5 Å². The van der Waals surface area contributed by atoms with E-state index >= 15 is 0 Å². The van der Waals surface area contributed by atoms with Crippen LogP contribution in [-0.2, 0) is 0 Å². The SMILES string of the molecule is CCCCC(CC)CC(O)c1cnc2ccsc2c1. The lowest BCUT2D eigenvalue weighted by Gasteiger charge is -2.18. The van der Waals surface area contributed by atoms with Gasteiger partial charge in [0.1, 0.15) is 0 Å². The fourth-order valence-corrected chi connectivity index (χ4v) is 3.27. The summed E-state index contributed by atoms with van der Waals surface area (Å²) in [6.45, 7) is 4.44. The molecule has 2 aromatic rings. The molecule has 0 aliphatic heterocycles. The summed E-state index contributed by atoms with van der Waals surface area (Å²) in [5, 5.41) is 12.4. The summed E-state index contributed by atoms with van der Waals surface area (Å²) in [5.41, 5.74) is 1.99. The average molecular weight is 277 g/mol. The molecule has 2 rings (SSSR count). The largest absolute Gasteiger partial charge is 0.388 e. The molecule has 0 bridgehead atoms.